The molecule has 35 heavy (non-hydrogen) atoms. The third-order valence-corrected chi connectivity index (χ3v) is 5.90. The first-order chi connectivity index (χ1) is 17.0. The van der Waals surface area contributed by atoms with Crippen LogP contribution in [0.4, 0.5) is 5.69 Å². The molecule has 0 saturated heterocycles. The highest BCUT2D eigenvalue weighted by molar-refractivity contribution is 6.03. The van der Waals surface area contributed by atoms with Gasteiger partial charge in [-0.25, -0.2) is 0 Å². The first-order valence-corrected chi connectivity index (χ1v) is 12.1. The van der Waals surface area contributed by atoms with Gasteiger partial charge in [-0.05, 0) is 59.6 Å². The molecule has 3 aromatic rings. The van der Waals surface area contributed by atoms with Crippen LogP contribution in [0.5, 0.6) is 0 Å². The lowest BCUT2D eigenvalue weighted by molar-refractivity contribution is 1.15. The van der Waals surface area contributed by atoms with Gasteiger partial charge in [0.1, 0.15) is 6.07 Å². The molecular weight excluding hydrogens is 426 g/mol. The number of nitrogen functional groups attached to an aromatic ring is 1. The second-order valence-electron chi connectivity index (χ2n) is 8.48. The second kappa shape index (κ2) is 11.8. The van der Waals surface area contributed by atoms with Gasteiger partial charge in [-0.15, -0.1) is 0 Å². The number of nitrogens with zero attached hydrogens (tertiary/aromatic N) is 1. The summed E-state index contributed by atoms with van der Waals surface area (Å²) in [7, 11) is 0. The molecule has 176 valence electrons. The highest BCUT2D eigenvalue weighted by Gasteiger charge is 2.31. The van der Waals surface area contributed by atoms with Crippen LogP contribution < -0.4 is 5.73 Å². The van der Waals surface area contributed by atoms with Gasteiger partial charge in [0.05, 0.1) is 5.56 Å². The molecule has 1 saturated carbocycles. The fourth-order valence-electron chi connectivity index (χ4n) is 4.15. The molecule has 1 aliphatic carbocycles. The number of allylic oxidation sites excluding steroid dienone is 3. The highest BCUT2D eigenvalue weighted by atomic mass is 14.6. The van der Waals surface area contributed by atoms with Gasteiger partial charge >= 0.3 is 0 Å². The minimum Gasteiger partial charge on any atom is -0.398 e. The Labute approximate surface area is 209 Å². The van der Waals surface area contributed by atoms with Crippen molar-refractivity contribution in [3.63, 3.8) is 0 Å². The van der Waals surface area contributed by atoms with E-state index in [0.29, 0.717) is 22.7 Å². The largest absolute Gasteiger partial charge is 0.398 e. The Bertz CT molecular complexity index is 1300. The van der Waals surface area contributed by atoms with Gasteiger partial charge in [-0.2, -0.15) is 5.26 Å². The van der Waals surface area contributed by atoms with Crippen molar-refractivity contribution < 1.29 is 0 Å². The van der Waals surface area contributed by atoms with E-state index in [9.17, 15) is 5.26 Å². The molecule has 0 heterocycles. The number of rotatable bonds is 7. The lowest BCUT2D eigenvalue weighted by Gasteiger charge is -2.19. The summed E-state index contributed by atoms with van der Waals surface area (Å²) in [6, 6.07) is 24.9. The minimum atomic E-state index is 0.442. The molecule has 0 bridgehead atoms. The van der Waals surface area contributed by atoms with Gasteiger partial charge < -0.3 is 11.1 Å². The van der Waals surface area contributed by atoms with E-state index < -0.39 is 0 Å². The maximum absolute atomic E-state index is 10.1. The zero-order chi connectivity index (χ0) is 25.4. The lowest BCUT2D eigenvalue weighted by atomic mass is 9.84. The van der Waals surface area contributed by atoms with Crippen molar-refractivity contribution in [3.05, 3.63) is 118 Å². The molecule has 0 aliphatic heterocycles. The summed E-state index contributed by atoms with van der Waals surface area (Å²) in [6.45, 7) is 9.90. The van der Waals surface area contributed by atoms with Crippen molar-refractivity contribution in [2.75, 3.05) is 5.73 Å². The molecule has 3 nitrogen and oxygen atoms in total. The summed E-state index contributed by atoms with van der Waals surface area (Å²) in [4.78, 5) is 0. The topological polar surface area (TPSA) is 73.7 Å². The third-order valence-electron chi connectivity index (χ3n) is 5.90. The Hall–Kier alpha value is -4.16. The number of nitrogens with one attached hydrogen (secondary N) is 1. The number of benzene rings is 3. The maximum Gasteiger partial charge on any atom is 0.101 e. The average Bonchev–Trinajstić information content (AvgIpc) is 3.73. The van der Waals surface area contributed by atoms with E-state index in [1.807, 2.05) is 45.1 Å². The fraction of sp³-hybridized carbons (Fsp3) is 0.188. The predicted molar refractivity (Wildman–Crippen MR) is 150 cm³/mol. The van der Waals surface area contributed by atoms with E-state index in [2.05, 4.69) is 61.2 Å². The zero-order valence-electron chi connectivity index (χ0n) is 20.8. The summed E-state index contributed by atoms with van der Waals surface area (Å²) < 4.78 is 0. The molecule has 0 aromatic heterocycles. The molecule has 1 fully saturated rings. The number of nitrogens with two attached hydrogens (primary N) is 1. The van der Waals surface area contributed by atoms with Crippen molar-refractivity contribution in [2.45, 2.75) is 33.6 Å². The average molecular weight is 460 g/mol. The monoisotopic (exact) mass is 459 g/mol. The summed E-state index contributed by atoms with van der Waals surface area (Å²) in [5.74, 6) is 0.443. The number of anilines is 1. The van der Waals surface area contributed by atoms with Crippen LogP contribution in [-0.4, -0.2) is 6.21 Å². The van der Waals surface area contributed by atoms with Crippen molar-refractivity contribution >= 4 is 29.1 Å². The van der Waals surface area contributed by atoms with E-state index in [0.717, 1.165) is 40.7 Å². The van der Waals surface area contributed by atoms with Crippen LogP contribution in [0, 0.1) is 22.7 Å². The van der Waals surface area contributed by atoms with E-state index in [1.54, 1.807) is 6.07 Å². The smallest absolute Gasteiger partial charge is 0.101 e. The Morgan fingerprint density at radius 1 is 1.00 bits per heavy atom. The van der Waals surface area contributed by atoms with Crippen LogP contribution in [0.25, 0.3) is 17.2 Å². The van der Waals surface area contributed by atoms with Crippen LogP contribution in [0.1, 0.15) is 67.0 Å². The highest BCUT2D eigenvalue weighted by Crippen LogP contribution is 2.48. The van der Waals surface area contributed by atoms with Gasteiger partial charge in [0.15, 0.2) is 0 Å². The van der Waals surface area contributed by atoms with Gasteiger partial charge in [0.2, 0.25) is 0 Å². The van der Waals surface area contributed by atoms with Crippen LogP contribution in [-0.2, 0) is 0 Å². The molecular formula is C32H33N3. The molecule has 0 spiro atoms. The van der Waals surface area contributed by atoms with E-state index >= 15 is 0 Å². The van der Waals surface area contributed by atoms with Gasteiger partial charge in [0, 0.05) is 23.0 Å². The Morgan fingerprint density at radius 3 is 2.20 bits per heavy atom. The van der Waals surface area contributed by atoms with E-state index in [-0.39, 0.29) is 0 Å². The molecule has 4 rings (SSSR count). The standard InChI is InChI=1S/C30H27N3.C2H6/c1-20(2)8-9-21-10-12-24(13-11-21)30(25-16-17-28(33)27(19-32)26(25)18-31)29(23-14-15-23)22-6-4-3-5-7-22;1-2/h3-13,16-17,19,23,32H,1,14-15,33H2,2H3;1-2H3/b9-8+,30-29-,32-19?;. The van der Waals surface area contributed by atoms with Crippen molar-refractivity contribution in [1.82, 2.24) is 0 Å². The molecule has 0 amide bonds. The Kier molecular flexibility index (Phi) is 8.59. The third kappa shape index (κ3) is 5.86. The molecule has 1 aliphatic rings. The zero-order valence-corrected chi connectivity index (χ0v) is 20.8. The van der Waals surface area contributed by atoms with Crippen molar-refractivity contribution in [1.29, 1.82) is 10.7 Å². The first kappa shape index (κ1) is 25.5. The van der Waals surface area contributed by atoms with Crippen molar-refractivity contribution in [3.8, 4) is 6.07 Å². The first-order valence-electron chi connectivity index (χ1n) is 12.1. The number of nitriles is 1. The summed E-state index contributed by atoms with van der Waals surface area (Å²) in [5.41, 5.74) is 14.9. The summed E-state index contributed by atoms with van der Waals surface area (Å²) in [6.07, 6.45) is 7.48. The fourth-order valence-corrected chi connectivity index (χ4v) is 4.15. The summed E-state index contributed by atoms with van der Waals surface area (Å²) in [5, 5.41) is 17.9. The molecule has 0 radical (unpaired) electrons. The normalized spacial score (nSPS) is 13.3. The van der Waals surface area contributed by atoms with Crippen LogP contribution >= 0.6 is 0 Å². The van der Waals surface area contributed by atoms with Gasteiger partial charge in [-0.3, -0.25) is 0 Å². The molecule has 0 atom stereocenters. The number of hydrogen-bond acceptors (Lipinski definition) is 3. The molecule has 0 unspecified atom stereocenters. The van der Waals surface area contributed by atoms with Crippen molar-refractivity contribution in [2.24, 2.45) is 5.92 Å². The van der Waals surface area contributed by atoms with Crippen LogP contribution in [0.3, 0.4) is 0 Å². The molecule has 3 heteroatoms. The van der Waals surface area contributed by atoms with Crippen LogP contribution in [0.2, 0.25) is 0 Å². The minimum absolute atomic E-state index is 0.442. The number of hydrogen-bond donors (Lipinski definition) is 2. The van der Waals surface area contributed by atoms with Gasteiger partial charge in [0.25, 0.3) is 0 Å². The Balaban J connectivity index is 0.00000167. The Morgan fingerprint density at radius 2 is 1.66 bits per heavy atom. The SMILES string of the molecule is C=C(C)/C=C/c1ccc(/C(=C(\c2ccccc2)C2CC2)c2ccc(N)c(C=N)c2C#N)cc1.CC. The summed E-state index contributed by atoms with van der Waals surface area (Å²) >= 11 is 0. The molecule has 3 N–H and O–H groups in total. The van der Waals surface area contributed by atoms with Crippen LogP contribution in [0.15, 0.2) is 85.0 Å². The van der Waals surface area contributed by atoms with Gasteiger partial charge in [-0.1, -0.05) is 98.8 Å². The van der Waals surface area contributed by atoms with E-state index in [1.165, 1.54) is 17.4 Å². The lowest BCUT2D eigenvalue weighted by Crippen LogP contribution is -2.04. The molecule has 3 aromatic carbocycles. The quantitative estimate of drug-likeness (QED) is 0.162. The maximum atomic E-state index is 10.1. The second-order valence-corrected chi connectivity index (χ2v) is 8.48. The predicted octanol–water partition coefficient (Wildman–Crippen LogP) is 8.12. The van der Waals surface area contributed by atoms with E-state index in [4.69, 9.17) is 11.1 Å².